The molecule has 0 saturated heterocycles. The van der Waals surface area contributed by atoms with Crippen molar-refractivity contribution in [2.75, 3.05) is 13.1 Å². The van der Waals surface area contributed by atoms with Crippen LogP contribution in [0.3, 0.4) is 0 Å². The van der Waals surface area contributed by atoms with Gasteiger partial charge in [0.1, 0.15) is 10.4 Å². The van der Waals surface area contributed by atoms with Gasteiger partial charge in [0.05, 0.1) is 17.0 Å². The van der Waals surface area contributed by atoms with Gasteiger partial charge >= 0.3 is 0 Å². The predicted molar refractivity (Wildman–Crippen MR) is 134 cm³/mol. The molecule has 0 bridgehead atoms. The molecule has 1 saturated carbocycles. The largest absolute Gasteiger partial charge is 0.348 e. The summed E-state index contributed by atoms with van der Waals surface area (Å²) >= 11 is 6.11. The van der Waals surface area contributed by atoms with Crippen molar-refractivity contribution in [1.82, 2.24) is 14.9 Å². The summed E-state index contributed by atoms with van der Waals surface area (Å²) in [6.45, 7) is 7.38. The summed E-state index contributed by atoms with van der Waals surface area (Å²) in [6.07, 6.45) is 7.92. The fraction of sp³-hybridized carbons (Fsp3) is 0.600. The highest BCUT2D eigenvalue weighted by molar-refractivity contribution is 7.89. The van der Waals surface area contributed by atoms with Gasteiger partial charge in [-0.2, -0.15) is 4.72 Å². The highest BCUT2D eigenvalue weighted by Crippen LogP contribution is 2.36. The average molecular weight is 510 g/mol. The van der Waals surface area contributed by atoms with E-state index in [2.05, 4.69) is 17.0 Å². The Labute approximate surface area is 208 Å². The number of nitrogens with one attached hydrogen (secondary N) is 2. The zero-order valence-electron chi connectivity index (χ0n) is 20.2. The number of nitrogens with zero attached hydrogens (tertiary/aromatic N) is 1. The van der Waals surface area contributed by atoms with E-state index in [1.165, 1.54) is 12.1 Å². The van der Waals surface area contributed by atoms with Gasteiger partial charge in [-0.05, 0) is 64.0 Å². The van der Waals surface area contributed by atoms with Crippen molar-refractivity contribution < 1.29 is 18.0 Å². The van der Waals surface area contributed by atoms with Crippen LogP contribution < -0.4 is 10.0 Å². The van der Waals surface area contributed by atoms with E-state index in [9.17, 15) is 18.0 Å². The lowest BCUT2D eigenvalue weighted by molar-refractivity contribution is -0.134. The Morgan fingerprint density at radius 1 is 1.12 bits per heavy atom. The first-order valence-corrected chi connectivity index (χ1v) is 14.1. The summed E-state index contributed by atoms with van der Waals surface area (Å²) in [4.78, 5) is 28.1. The van der Waals surface area contributed by atoms with E-state index in [1.54, 1.807) is 12.1 Å². The van der Waals surface area contributed by atoms with Crippen molar-refractivity contribution in [2.45, 2.75) is 75.8 Å². The van der Waals surface area contributed by atoms with Crippen LogP contribution >= 0.6 is 11.6 Å². The van der Waals surface area contributed by atoms with Crippen molar-refractivity contribution in [3.8, 4) is 0 Å². The molecule has 1 aromatic carbocycles. The number of amides is 2. The molecule has 2 unspecified atom stereocenters. The first-order chi connectivity index (χ1) is 16.2. The third-order valence-corrected chi connectivity index (χ3v) is 9.10. The number of carbonyl (C=O) groups excluding carboxylic acids is 2. The molecule has 0 aliphatic heterocycles. The molecule has 0 spiro atoms. The van der Waals surface area contributed by atoms with E-state index < -0.39 is 15.6 Å². The van der Waals surface area contributed by atoms with E-state index in [-0.39, 0.29) is 39.6 Å². The molecule has 9 heteroatoms. The van der Waals surface area contributed by atoms with Gasteiger partial charge in [-0.15, -0.1) is 0 Å². The van der Waals surface area contributed by atoms with Gasteiger partial charge in [-0.25, -0.2) is 8.42 Å². The number of carbonyl (C=O) groups is 2. The van der Waals surface area contributed by atoms with Gasteiger partial charge in [0, 0.05) is 13.1 Å². The molecule has 0 aromatic heterocycles. The van der Waals surface area contributed by atoms with Crippen molar-refractivity contribution in [3.63, 3.8) is 0 Å². The summed E-state index contributed by atoms with van der Waals surface area (Å²) in [5.74, 6) is -0.282. The SMILES string of the molecule is CCCC1C[C@H](C(=O)N(CC)CC)C=CC1NC(=O)C1(NS(=O)(=O)c2ccccc2Cl)CCC1. The molecule has 0 heterocycles. The quantitative estimate of drug-likeness (QED) is 0.468. The summed E-state index contributed by atoms with van der Waals surface area (Å²) in [6, 6.07) is 5.97. The summed E-state index contributed by atoms with van der Waals surface area (Å²) in [5, 5.41) is 3.21. The third kappa shape index (κ3) is 5.66. The van der Waals surface area contributed by atoms with Crippen molar-refractivity contribution in [3.05, 3.63) is 41.4 Å². The number of rotatable bonds is 10. The molecule has 34 heavy (non-hydrogen) atoms. The first-order valence-electron chi connectivity index (χ1n) is 12.2. The van der Waals surface area contributed by atoms with Gasteiger partial charge in [0.15, 0.2) is 0 Å². The normalized spacial score (nSPS) is 23.7. The fourth-order valence-corrected chi connectivity index (χ4v) is 6.86. The zero-order valence-corrected chi connectivity index (χ0v) is 21.8. The maximum absolute atomic E-state index is 13.4. The Balaban J connectivity index is 1.76. The van der Waals surface area contributed by atoms with Gasteiger partial charge < -0.3 is 10.2 Å². The molecule has 2 aliphatic rings. The standard InChI is InChI=1S/C25H36ClN3O4S/c1-4-10-18-17-19(23(30)29(5-2)6-3)13-14-21(18)27-24(31)25(15-9-16-25)28-34(32,33)22-12-8-7-11-20(22)26/h7-8,11-14,18-19,21,28H,4-6,9-10,15-17H2,1-3H3,(H,27,31)/t18?,19-,21?/m1/s1. The minimum Gasteiger partial charge on any atom is -0.348 e. The Bertz CT molecular complexity index is 1020. The molecule has 2 N–H and O–H groups in total. The highest BCUT2D eigenvalue weighted by atomic mass is 35.5. The molecule has 2 aliphatic carbocycles. The molecule has 7 nitrogen and oxygen atoms in total. The second-order valence-electron chi connectivity index (χ2n) is 9.26. The third-order valence-electron chi connectivity index (χ3n) is 7.06. The molecule has 1 fully saturated rings. The van der Waals surface area contributed by atoms with Crippen molar-refractivity contribution in [2.24, 2.45) is 11.8 Å². The van der Waals surface area contributed by atoms with Gasteiger partial charge in [0.2, 0.25) is 21.8 Å². The lowest BCUT2D eigenvalue weighted by Crippen LogP contribution is -2.64. The zero-order chi connectivity index (χ0) is 24.9. The monoisotopic (exact) mass is 509 g/mol. The van der Waals surface area contributed by atoms with Crippen LogP contribution in [0, 0.1) is 11.8 Å². The lowest BCUT2D eigenvalue weighted by atomic mass is 9.75. The fourth-order valence-electron chi connectivity index (χ4n) is 4.92. The molecule has 0 radical (unpaired) electrons. The van der Waals surface area contributed by atoms with Gasteiger partial charge in [0.25, 0.3) is 0 Å². The molecular formula is C25H36ClN3O4S. The van der Waals surface area contributed by atoms with Crippen LogP contribution in [0.5, 0.6) is 0 Å². The van der Waals surface area contributed by atoms with Crippen LogP contribution in [0.25, 0.3) is 0 Å². The minimum absolute atomic E-state index is 0.0325. The van der Waals surface area contributed by atoms with E-state index in [1.807, 2.05) is 30.9 Å². The first kappa shape index (κ1) is 26.7. The maximum Gasteiger partial charge on any atom is 0.243 e. The topological polar surface area (TPSA) is 95.6 Å². The van der Waals surface area contributed by atoms with Crippen LogP contribution in [-0.4, -0.2) is 49.8 Å². The number of halogens is 1. The van der Waals surface area contributed by atoms with Crippen LogP contribution in [0.4, 0.5) is 0 Å². The molecule has 2 amide bonds. The Hall–Kier alpha value is -1.90. The lowest BCUT2D eigenvalue weighted by Gasteiger charge is -2.42. The minimum atomic E-state index is -3.97. The second kappa shape index (κ2) is 11.2. The molecule has 3 atom stereocenters. The Morgan fingerprint density at radius 3 is 2.35 bits per heavy atom. The smallest absolute Gasteiger partial charge is 0.243 e. The van der Waals surface area contributed by atoms with Crippen LogP contribution in [0.1, 0.15) is 59.3 Å². The highest BCUT2D eigenvalue weighted by Gasteiger charge is 2.48. The van der Waals surface area contributed by atoms with E-state index in [4.69, 9.17) is 11.6 Å². The molecular weight excluding hydrogens is 474 g/mol. The van der Waals surface area contributed by atoms with Crippen molar-refractivity contribution in [1.29, 1.82) is 0 Å². The summed E-state index contributed by atoms with van der Waals surface area (Å²) in [5.41, 5.74) is -1.18. The Kier molecular flexibility index (Phi) is 8.82. The molecule has 1 aromatic rings. The Morgan fingerprint density at radius 2 is 1.79 bits per heavy atom. The predicted octanol–water partition coefficient (Wildman–Crippen LogP) is 3.89. The summed E-state index contributed by atoms with van der Waals surface area (Å²) in [7, 11) is -3.97. The van der Waals surface area contributed by atoms with Gasteiger partial charge in [-0.3, -0.25) is 9.59 Å². The molecule has 188 valence electrons. The van der Waals surface area contributed by atoms with Crippen LogP contribution in [0.2, 0.25) is 5.02 Å². The van der Waals surface area contributed by atoms with E-state index >= 15 is 0 Å². The van der Waals surface area contributed by atoms with Crippen LogP contribution in [0.15, 0.2) is 41.3 Å². The van der Waals surface area contributed by atoms with E-state index in [0.29, 0.717) is 32.4 Å². The number of hydrogen-bond donors (Lipinski definition) is 2. The molecule has 3 rings (SSSR count). The average Bonchev–Trinajstić information content (AvgIpc) is 2.78. The van der Waals surface area contributed by atoms with E-state index in [0.717, 1.165) is 19.3 Å². The van der Waals surface area contributed by atoms with Crippen molar-refractivity contribution >= 4 is 33.4 Å². The number of sulfonamides is 1. The number of hydrogen-bond acceptors (Lipinski definition) is 4. The number of benzene rings is 1. The van der Waals surface area contributed by atoms with Gasteiger partial charge in [-0.1, -0.05) is 49.2 Å². The maximum atomic E-state index is 13.4. The van der Waals surface area contributed by atoms with Crippen LogP contribution in [-0.2, 0) is 19.6 Å². The summed E-state index contributed by atoms with van der Waals surface area (Å²) < 4.78 is 28.7. The second-order valence-corrected chi connectivity index (χ2v) is 11.3.